The third kappa shape index (κ3) is 3.68. The van der Waals surface area contributed by atoms with E-state index in [1.54, 1.807) is 13.0 Å². The second-order valence-electron chi connectivity index (χ2n) is 9.24. The normalized spacial score (nSPS) is 22.8. The summed E-state index contributed by atoms with van der Waals surface area (Å²) < 4.78 is 44.5. The molecular weight excluding hydrogens is 498 g/mol. The molecule has 38 heavy (non-hydrogen) atoms. The average Bonchev–Trinajstić information content (AvgIpc) is 3.66. The zero-order valence-electron chi connectivity index (χ0n) is 21.1. The number of hydrogen-bond donors (Lipinski definition) is 0. The van der Waals surface area contributed by atoms with E-state index in [0.717, 1.165) is 11.1 Å². The number of carbonyl (C=O) groups is 2. The van der Waals surface area contributed by atoms with Crippen LogP contribution in [0.15, 0.2) is 34.9 Å². The number of fused-ring (bicyclic) bond motifs is 3. The number of aryl methyl sites for hydroxylation is 1. The molecular formula is C27H25NO10. The summed E-state index contributed by atoms with van der Waals surface area (Å²) in [4.78, 5) is 26.3. The molecule has 2 aliphatic heterocycles. The van der Waals surface area contributed by atoms with Crippen molar-refractivity contribution in [2.75, 3.05) is 34.7 Å². The monoisotopic (exact) mass is 523 g/mol. The van der Waals surface area contributed by atoms with Crippen molar-refractivity contribution >= 4 is 11.9 Å². The van der Waals surface area contributed by atoms with Gasteiger partial charge in [-0.05, 0) is 42.3 Å². The first-order valence-electron chi connectivity index (χ1n) is 12.0. The summed E-state index contributed by atoms with van der Waals surface area (Å²) in [5, 5.41) is 3.78. The van der Waals surface area contributed by atoms with E-state index in [0.29, 0.717) is 40.1 Å². The zero-order chi connectivity index (χ0) is 26.6. The smallest absolute Gasteiger partial charge is 0.361 e. The lowest BCUT2D eigenvalue weighted by atomic mass is 9.66. The van der Waals surface area contributed by atoms with Gasteiger partial charge >= 0.3 is 11.9 Å². The largest absolute Gasteiger partial charge is 0.493 e. The molecule has 4 atom stereocenters. The number of aromatic nitrogens is 1. The molecule has 0 saturated carbocycles. The summed E-state index contributed by atoms with van der Waals surface area (Å²) in [5.41, 5.74) is 2.20. The van der Waals surface area contributed by atoms with Gasteiger partial charge in [0.05, 0.1) is 33.9 Å². The number of methoxy groups -OCH3 is 3. The van der Waals surface area contributed by atoms with Crippen molar-refractivity contribution < 1.29 is 47.3 Å². The van der Waals surface area contributed by atoms with Crippen LogP contribution in [-0.2, 0) is 14.3 Å². The van der Waals surface area contributed by atoms with Gasteiger partial charge in [-0.3, -0.25) is 4.79 Å². The molecule has 3 aliphatic rings. The van der Waals surface area contributed by atoms with Gasteiger partial charge in [0.15, 0.2) is 28.7 Å². The van der Waals surface area contributed by atoms with Crippen LogP contribution >= 0.6 is 0 Å². The number of cyclic esters (lactones) is 1. The number of hydrogen-bond acceptors (Lipinski definition) is 11. The summed E-state index contributed by atoms with van der Waals surface area (Å²) in [6.45, 7) is 1.82. The molecule has 3 aromatic rings. The maximum atomic E-state index is 13.2. The highest BCUT2D eigenvalue weighted by atomic mass is 16.7. The minimum Gasteiger partial charge on any atom is -0.493 e. The molecule has 11 heteroatoms. The van der Waals surface area contributed by atoms with Crippen LogP contribution in [0.5, 0.6) is 28.7 Å². The molecule has 0 unspecified atom stereocenters. The zero-order valence-corrected chi connectivity index (χ0v) is 21.1. The molecule has 1 saturated heterocycles. The van der Waals surface area contributed by atoms with Crippen molar-refractivity contribution in [3.8, 4) is 28.7 Å². The van der Waals surface area contributed by atoms with Crippen LogP contribution in [0.4, 0.5) is 0 Å². The molecule has 0 spiro atoms. The van der Waals surface area contributed by atoms with Crippen molar-refractivity contribution in [1.82, 2.24) is 5.16 Å². The van der Waals surface area contributed by atoms with Crippen LogP contribution in [0, 0.1) is 18.8 Å². The highest BCUT2D eigenvalue weighted by molar-refractivity contribution is 5.87. The van der Waals surface area contributed by atoms with Gasteiger partial charge in [-0.2, -0.15) is 0 Å². The predicted octanol–water partition coefficient (Wildman–Crippen LogP) is 3.57. The molecule has 0 amide bonds. The van der Waals surface area contributed by atoms with Crippen LogP contribution in [0.2, 0.25) is 0 Å². The Kier molecular flexibility index (Phi) is 5.77. The van der Waals surface area contributed by atoms with Gasteiger partial charge in [-0.25, -0.2) is 4.79 Å². The Labute approximate surface area is 217 Å². The van der Waals surface area contributed by atoms with E-state index in [2.05, 4.69) is 5.16 Å². The Balaban J connectivity index is 1.52. The molecule has 6 rings (SSSR count). The fraction of sp³-hybridized carbons (Fsp3) is 0.370. The van der Waals surface area contributed by atoms with Crippen LogP contribution in [0.25, 0.3) is 0 Å². The van der Waals surface area contributed by atoms with Gasteiger partial charge in [0.25, 0.3) is 0 Å². The van der Waals surface area contributed by atoms with E-state index in [-0.39, 0.29) is 19.1 Å². The van der Waals surface area contributed by atoms with Crippen molar-refractivity contribution in [2.24, 2.45) is 11.8 Å². The molecule has 0 radical (unpaired) electrons. The van der Waals surface area contributed by atoms with E-state index in [1.165, 1.54) is 27.4 Å². The molecule has 2 aromatic carbocycles. The second kappa shape index (κ2) is 9.16. The van der Waals surface area contributed by atoms with Gasteiger partial charge in [0.1, 0.15) is 11.9 Å². The van der Waals surface area contributed by atoms with Crippen molar-refractivity contribution in [1.29, 1.82) is 0 Å². The van der Waals surface area contributed by atoms with Gasteiger partial charge < -0.3 is 37.7 Å². The molecule has 1 aliphatic carbocycles. The van der Waals surface area contributed by atoms with Crippen LogP contribution in [0.3, 0.4) is 0 Å². The summed E-state index contributed by atoms with van der Waals surface area (Å²) in [6, 6.07) is 8.75. The molecule has 1 aromatic heterocycles. The van der Waals surface area contributed by atoms with Crippen LogP contribution < -0.4 is 23.7 Å². The van der Waals surface area contributed by atoms with Gasteiger partial charge in [0.2, 0.25) is 12.5 Å². The lowest BCUT2D eigenvalue weighted by Gasteiger charge is -2.38. The summed E-state index contributed by atoms with van der Waals surface area (Å²) in [5.74, 6) is 0.165. The van der Waals surface area contributed by atoms with Crippen molar-refractivity contribution in [2.45, 2.75) is 18.9 Å². The number of carbonyl (C=O) groups excluding carboxylic acids is 2. The fourth-order valence-electron chi connectivity index (χ4n) is 5.58. The number of ether oxygens (including phenoxy) is 7. The second-order valence-corrected chi connectivity index (χ2v) is 9.24. The first kappa shape index (κ1) is 24.0. The fourth-order valence-corrected chi connectivity index (χ4v) is 5.58. The Hall–Kier alpha value is -4.41. The third-order valence-electron chi connectivity index (χ3n) is 7.24. The standard InChI is InChI=1S/C27H25NO10/c1-12-5-17(28-38-12)26(29)37-24-15-9-19-18(35-11-36-19)8-14(15)22(23-16(24)10-34-27(23)30)13-6-20(31-2)25(33-4)21(7-13)32-3/h5-9,16,22-24H,10-11H2,1-4H3/t16-,22+,23-,24-/m0/s1. The van der Waals surface area contributed by atoms with Crippen LogP contribution in [-0.4, -0.2) is 51.8 Å². The topological polar surface area (TPSA) is 125 Å². The molecule has 3 heterocycles. The van der Waals surface area contributed by atoms with Crippen molar-refractivity contribution in [3.05, 3.63) is 58.5 Å². The highest BCUT2D eigenvalue weighted by Gasteiger charge is 2.54. The first-order chi connectivity index (χ1) is 18.4. The Morgan fingerprint density at radius 2 is 1.61 bits per heavy atom. The highest BCUT2D eigenvalue weighted by Crippen LogP contribution is 2.56. The molecule has 0 N–H and O–H groups in total. The molecule has 198 valence electrons. The average molecular weight is 523 g/mol. The Morgan fingerprint density at radius 1 is 0.921 bits per heavy atom. The number of nitrogens with zero attached hydrogens (tertiary/aromatic N) is 1. The number of rotatable bonds is 6. The maximum absolute atomic E-state index is 13.2. The lowest BCUT2D eigenvalue weighted by molar-refractivity contribution is -0.141. The van der Waals surface area contributed by atoms with Gasteiger partial charge in [0, 0.05) is 23.5 Å². The minimum atomic E-state index is -0.807. The molecule has 11 nitrogen and oxygen atoms in total. The maximum Gasteiger partial charge on any atom is 0.361 e. The SMILES string of the molecule is COc1cc([C@@H]2c3cc4c(cc3[C@H](OC(=O)c3cc(C)on3)[C@H]3COC(=O)[C@H]23)OCO4)cc(OC)c1OC. The summed E-state index contributed by atoms with van der Waals surface area (Å²) in [6.07, 6.45) is -0.807. The van der Waals surface area contributed by atoms with E-state index >= 15 is 0 Å². The Bertz CT molecular complexity index is 1400. The van der Waals surface area contributed by atoms with E-state index in [4.69, 9.17) is 37.7 Å². The molecule has 1 fully saturated rings. The number of esters is 2. The van der Waals surface area contributed by atoms with Crippen LogP contribution in [0.1, 0.15) is 45.0 Å². The minimum absolute atomic E-state index is 0.0401. The lowest BCUT2D eigenvalue weighted by Crippen LogP contribution is -2.36. The summed E-state index contributed by atoms with van der Waals surface area (Å²) >= 11 is 0. The van der Waals surface area contributed by atoms with E-state index in [1.807, 2.05) is 18.2 Å². The molecule has 0 bridgehead atoms. The van der Waals surface area contributed by atoms with Crippen molar-refractivity contribution in [3.63, 3.8) is 0 Å². The summed E-state index contributed by atoms with van der Waals surface area (Å²) in [7, 11) is 4.58. The number of benzene rings is 2. The van der Waals surface area contributed by atoms with E-state index < -0.39 is 35.8 Å². The quantitative estimate of drug-likeness (QED) is 0.440. The first-order valence-corrected chi connectivity index (χ1v) is 12.0. The predicted molar refractivity (Wildman–Crippen MR) is 128 cm³/mol. The Morgan fingerprint density at radius 3 is 2.21 bits per heavy atom. The third-order valence-corrected chi connectivity index (χ3v) is 7.24. The van der Waals surface area contributed by atoms with Gasteiger partial charge in [-0.1, -0.05) is 5.16 Å². The van der Waals surface area contributed by atoms with Gasteiger partial charge in [-0.15, -0.1) is 0 Å². The van der Waals surface area contributed by atoms with E-state index in [9.17, 15) is 9.59 Å².